The fourth-order valence-corrected chi connectivity index (χ4v) is 2.01. The average molecular weight is 306 g/mol. The largest absolute Gasteiger partial charge is 0.484 e. The summed E-state index contributed by atoms with van der Waals surface area (Å²) in [6, 6.07) is 4.95. The van der Waals surface area contributed by atoms with Crippen molar-refractivity contribution >= 4 is 22.8 Å². The first-order chi connectivity index (χ1) is 10.4. The molecular weight excluding hydrogens is 288 g/mol. The van der Waals surface area contributed by atoms with E-state index in [2.05, 4.69) is 0 Å². The van der Waals surface area contributed by atoms with Gasteiger partial charge in [-0.25, -0.2) is 10.6 Å². The third kappa shape index (κ3) is 3.37. The van der Waals surface area contributed by atoms with Crippen LogP contribution in [0.2, 0.25) is 0 Å². The lowest BCUT2D eigenvalue weighted by Gasteiger charge is -2.08. The Balaban J connectivity index is 2.33. The first-order valence-corrected chi connectivity index (χ1v) is 6.78. The normalized spacial score (nSPS) is 10.8. The Bertz CT molecular complexity index is 705. The first-order valence-electron chi connectivity index (χ1n) is 6.78. The van der Waals surface area contributed by atoms with Gasteiger partial charge in [-0.1, -0.05) is 0 Å². The van der Waals surface area contributed by atoms with Gasteiger partial charge in [-0.05, 0) is 39.0 Å². The second kappa shape index (κ2) is 6.48. The smallest absolute Gasteiger partial charge is 0.342 e. The van der Waals surface area contributed by atoms with Crippen LogP contribution < -0.4 is 16.0 Å². The number of hydrazine groups is 1. The fraction of sp³-hybridized carbons (Fsp3) is 0.333. The standard InChI is InChI=1S/C15H18N2O5/c1-8(2)21-15(19)14-9(3)22-12-5-4-10(6-11(12)14)20-7-13(18)17-16/h4-6,8H,7,16H2,1-3H3,(H,17,18). The summed E-state index contributed by atoms with van der Waals surface area (Å²) in [6.45, 7) is 5.02. The molecule has 7 nitrogen and oxygen atoms in total. The van der Waals surface area contributed by atoms with Gasteiger partial charge in [0, 0.05) is 5.39 Å². The van der Waals surface area contributed by atoms with E-state index in [9.17, 15) is 9.59 Å². The van der Waals surface area contributed by atoms with Gasteiger partial charge in [0.1, 0.15) is 22.7 Å². The number of nitrogens with one attached hydrogen (secondary N) is 1. The summed E-state index contributed by atoms with van der Waals surface area (Å²) in [5.74, 6) is 4.97. The number of rotatable bonds is 5. The minimum absolute atomic E-state index is 0.218. The Hall–Kier alpha value is -2.54. The molecule has 0 saturated carbocycles. The summed E-state index contributed by atoms with van der Waals surface area (Å²) in [4.78, 5) is 23.3. The van der Waals surface area contributed by atoms with Gasteiger partial charge in [0.15, 0.2) is 6.61 Å². The maximum Gasteiger partial charge on any atom is 0.342 e. The van der Waals surface area contributed by atoms with Gasteiger partial charge in [0.25, 0.3) is 5.91 Å². The summed E-state index contributed by atoms with van der Waals surface area (Å²) >= 11 is 0. The average Bonchev–Trinajstić information content (AvgIpc) is 2.79. The predicted octanol–water partition coefficient (Wildman–Crippen LogP) is 1.68. The zero-order valence-electron chi connectivity index (χ0n) is 12.6. The van der Waals surface area contributed by atoms with Crippen LogP contribution in [0.25, 0.3) is 11.0 Å². The minimum Gasteiger partial charge on any atom is -0.484 e. The van der Waals surface area contributed by atoms with Crippen LogP contribution in [0.3, 0.4) is 0 Å². The maximum absolute atomic E-state index is 12.2. The van der Waals surface area contributed by atoms with Crippen molar-refractivity contribution in [1.82, 2.24) is 5.43 Å². The predicted molar refractivity (Wildman–Crippen MR) is 79.3 cm³/mol. The van der Waals surface area contributed by atoms with E-state index in [1.165, 1.54) is 0 Å². The summed E-state index contributed by atoms with van der Waals surface area (Å²) < 4.78 is 16.1. The van der Waals surface area contributed by atoms with Gasteiger partial charge in [-0.2, -0.15) is 0 Å². The first kappa shape index (κ1) is 15.8. The van der Waals surface area contributed by atoms with E-state index in [-0.39, 0.29) is 12.7 Å². The number of carbonyl (C=O) groups excluding carboxylic acids is 2. The molecule has 1 amide bonds. The Morgan fingerprint density at radius 2 is 2.09 bits per heavy atom. The number of aryl methyl sites for hydroxylation is 1. The summed E-state index contributed by atoms with van der Waals surface area (Å²) in [7, 11) is 0. The molecule has 0 saturated heterocycles. The number of furan rings is 1. The summed E-state index contributed by atoms with van der Waals surface area (Å²) in [6.07, 6.45) is -0.232. The molecule has 3 N–H and O–H groups in total. The van der Waals surface area contributed by atoms with Gasteiger partial charge in [-0.3, -0.25) is 10.2 Å². The number of nitrogens with two attached hydrogens (primary N) is 1. The summed E-state index contributed by atoms with van der Waals surface area (Å²) in [5, 5.41) is 0.578. The highest BCUT2D eigenvalue weighted by atomic mass is 16.5. The van der Waals surface area contributed by atoms with Gasteiger partial charge < -0.3 is 13.9 Å². The Morgan fingerprint density at radius 1 is 1.36 bits per heavy atom. The van der Waals surface area contributed by atoms with Crippen LogP contribution in [-0.2, 0) is 9.53 Å². The number of benzene rings is 1. The number of amides is 1. The second-order valence-electron chi connectivity index (χ2n) is 5.00. The van der Waals surface area contributed by atoms with Gasteiger partial charge >= 0.3 is 5.97 Å². The Morgan fingerprint density at radius 3 is 2.73 bits per heavy atom. The molecule has 0 aliphatic carbocycles. The SMILES string of the molecule is Cc1oc2ccc(OCC(=O)NN)cc2c1C(=O)OC(C)C. The van der Waals surface area contributed by atoms with E-state index in [0.717, 1.165) is 0 Å². The third-order valence-corrected chi connectivity index (χ3v) is 2.91. The van der Waals surface area contributed by atoms with Crippen molar-refractivity contribution in [3.05, 3.63) is 29.5 Å². The third-order valence-electron chi connectivity index (χ3n) is 2.91. The van der Waals surface area contributed by atoms with Gasteiger partial charge in [0.2, 0.25) is 0 Å². The maximum atomic E-state index is 12.2. The highest BCUT2D eigenvalue weighted by Crippen LogP contribution is 2.29. The quantitative estimate of drug-likeness (QED) is 0.377. The van der Waals surface area contributed by atoms with E-state index < -0.39 is 11.9 Å². The molecule has 7 heteroatoms. The number of ether oxygens (including phenoxy) is 2. The highest BCUT2D eigenvalue weighted by Gasteiger charge is 2.21. The lowest BCUT2D eigenvalue weighted by Crippen LogP contribution is -2.34. The topological polar surface area (TPSA) is 104 Å². The van der Waals surface area contributed by atoms with Crippen molar-refractivity contribution in [1.29, 1.82) is 0 Å². The molecule has 22 heavy (non-hydrogen) atoms. The monoisotopic (exact) mass is 306 g/mol. The molecule has 0 bridgehead atoms. The van der Waals surface area contributed by atoms with Gasteiger partial charge in [0.05, 0.1) is 6.10 Å². The molecule has 0 aliphatic heterocycles. The van der Waals surface area contributed by atoms with Crippen molar-refractivity contribution in [2.24, 2.45) is 5.84 Å². The number of esters is 1. The van der Waals surface area contributed by atoms with Crippen molar-refractivity contribution in [2.45, 2.75) is 26.9 Å². The van der Waals surface area contributed by atoms with Crippen LogP contribution in [0.1, 0.15) is 30.0 Å². The number of carbonyl (C=O) groups is 2. The second-order valence-corrected chi connectivity index (χ2v) is 5.00. The molecule has 0 radical (unpaired) electrons. The zero-order valence-corrected chi connectivity index (χ0v) is 12.6. The number of hydrogen-bond acceptors (Lipinski definition) is 6. The van der Waals surface area contributed by atoms with Crippen LogP contribution in [-0.4, -0.2) is 24.6 Å². The van der Waals surface area contributed by atoms with E-state index in [4.69, 9.17) is 19.7 Å². The lowest BCUT2D eigenvalue weighted by atomic mass is 10.1. The number of fused-ring (bicyclic) bond motifs is 1. The van der Waals surface area contributed by atoms with Crippen molar-refractivity contribution in [3.63, 3.8) is 0 Å². The molecule has 1 heterocycles. The molecule has 0 spiro atoms. The molecule has 0 atom stereocenters. The highest BCUT2D eigenvalue weighted by molar-refractivity contribution is 6.05. The summed E-state index contributed by atoms with van der Waals surface area (Å²) in [5.41, 5.74) is 2.88. The van der Waals surface area contributed by atoms with Crippen LogP contribution >= 0.6 is 0 Å². The zero-order chi connectivity index (χ0) is 16.3. The molecule has 118 valence electrons. The van der Waals surface area contributed by atoms with E-state index in [0.29, 0.717) is 28.0 Å². The minimum atomic E-state index is -0.456. The molecule has 0 unspecified atom stereocenters. The van der Waals surface area contributed by atoms with E-state index in [1.54, 1.807) is 39.0 Å². The van der Waals surface area contributed by atoms with Crippen LogP contribution in [0.15, 0.2) is 22.6 Å². The molecule has 2 aromatic rings. The van der Waals surface area contributed by atoms with Gasteiger partial charge in [-0.15, -0.1) is 0 Å². The van der Waals surface area contributed by atoms with Crippen molar-refractivity contribution < 1.29 is 23.5 Å². The molecular formula is C15H18N2O5. The van der Waals surface area contributed by atoms with Crippen LogP contribution in [0, 0.1) is 6.92 Å². The molecule has 1 aromatic carbocycles. The van der Waals surface area contributed by atoms with E-state index in [1.807, 2.05) is 5.43 Å². The fourth-order valence-electron chi connectivity index (χ4n) is 2.01. The van der Waals surface area contributed by atoms with Crippen molar-refractivity contribution in [3.8, 4) is 5.75 Å². The molecule has 2 rings (SSSR count). The Labute approximate surface area is 127 Å². The van der Waals surface area contributed by atoms with Crippen molar-refractivity contribution in [2.75, 3.05) is 6.61 Å². The van der Waals surface area contributed by atoms with Crippen LogP contribution in [0.4, 0.5) is 0 Å². The van der Waals surface area contributed by atoms with E-state index >= 15 is 0 Å². The molecule has 1 aromatic heterocycles. The molecule has 0 fully saturated rings. The lowest BCUT2D eigenvalue weighted by molar-refractivity contribution is -0.123. The molecule has 0 aliphatic rings. The Kier molecular flexibility index (Phi) is 4.67. The van der Waals surface area contributed by atoms with Crippen LogP contribution in [0.5, 0.6) is 5.75 Å². The number of hydrogen-bond donors (Lipinski definition) is 2.